The molecule has 6 heteroatoms. The van der Waals surface area contributed by atoms with Crippen LogP contribution < -0.4 is 0 Å². The highest BCUT2D eigenvalue weighted by Gasteiger charge is 2.33. The molecule has 2 rings (SSSR count). The van der Waals surface area contributed by atoms with E-state index in [-0.39, 0.29) is 23.8 Å². The minimum absolute atomic E-state index is 0.000787. The lowest BCUT2D eigenvalue weighted by Crippen LogP contribution is -2.12. The van der Waals surface area contributed by atoms with Crippen molar-refractivity contribution in [1.82, 2.24) is 9.78 Å². The number of nitrogens with zero attached hydrogens (tertiary/aromatic N) is 3. The van der Waals surface area contributed by atoms with E-state index in [9.17, 15) is 14.9 Å². The molecule has 0 atom stereocenters. The Balaban J connectivity index is 2.34. The summed E-state index contributed by atoms with van der Waals surface area (Å²) in [5.74, 6) is 0.220. The molecular weight excluding hydrogens is 222 g/mol. The van der Waals surface area contributed by atoms with Crippen LogP contribution in [0.1, 0.15) is 31.2 Å². The lowest BCUT2D eigenvalue weighted by Gasteiger charge is -2.02. The van der Waals surface area contributed by atoms with Gasteiger partial charge in [0.25, 0.3) is 0 Å². The van der Waals surface area contributed by atoms with Crippen LogP contribution in [-0.4, -0.2) is 20.5 Å². The van der Waals surface area contributed by atoms with E-state index in [1.165, 1.54) is 0 Å². The van der Waals surface area contributed by atoms with Crippen molar-refractivity contribution in [3.8, 4) is 0 Å². The topological polar surface area (TPSA) is 78.0 Å². The quantitative estimate of drug-likeness (QED) is 0.576. The predicted molar refractivity (Wildman–Crippen MR) is 60.7 cm³/mol. The van der Waals surface area contributed by atoms with Crippen LogP contribution in [0.5, 0.6) is 0 Å². The summed E-state index contributed by atoms with van der Waals surface area (Å²) in [6.07, 6.45) is 1.98. The van der Waals surface area contributed by atoms with E-state index < -0.39 is 4.92 Å². The number of aromatic nitrogens is 2. The molecule has 1 aromatic heterocycles. The van der Waals surface area contributed by atoms with Gasteiger partial charge in [-0.2, -0.15) is 5.10 Å². The first kappa shape index (κ1) is 11.8. The number of carbonyl (C=O) groups is 1. The van der Waals surface area contributed by atoms with Crippen molar-refractivity contribution in [1.29, 1.82) is 0 Å². The molecule has 6 nitrogen and oxygen atoms in total. The summed E-state index contributed by atoms with van der Waals surface area (Å²) in [4.78, 5) is 22.3. The SMILES string of the molecule is CCn1nc(C)c([N+](=O)[O-])c1CC(=O)C1CC1. The molecule has 92 valence electrons. The van der Waals surface area contributed by atoms with Gasteiger partial charge in [-0.3, -0.25) is 19.6 Å². The van der Waals surface area contributed by atoms with E-state index in [1.807, 2.05) is 6.92 Å². The van der Waals surface area contributed by atoms with Crippen molar-refractivity contribution in [2.45, 2.75) is 39.7 Å². The predicted octanol–water partition coefficient (Wildman–Crippen LogP) is 1.64. The number of hydrogen-bond acceptors (Lipinski definition) is 4. The number of carbonyl (C=O) groups excluding carboxylic acids is 1. The Bertz CT molecular complexity index is 475. The molecule has 1 aromatic rings. The Morgan fingerprint density at radius 3 is 2.71 bits per heavy atom. The van der Waals surface area contributed by atoms with Gasteiger partial charge in [-0.1, -0.05) is 0 Å². The van der Waals surface area contributed by atoms with Crippen molar-refractivity contribution in [2.75, 3.05) is 0 Å². The zero-order valence-corrected chi connectivity index (χ0v) is 9.97. The molecule has 0 saturated heterocycles. The average molecular weight is 237 g/mol. The van der Waals surface area contributed by atoms with Gasteiger partial charge >= 0.3 is 5.69 Å². The van der Waals surface area contributed by atoms with Gasteiger partial charge in [0.15, 0.2) is 0 Å². The Morgan fingerprint density at radius 1 is 1.59 bits per heavy atom. The van der Waals surface area contributed by atoms with Gasteiger partial charge in [0.2, 0.25) is 0 Å². The molecule has 1 aliphatic rings. The van der Waals surface area contributed by atoms with E-state index in [1.54, 1.807) is 11.6 Å². The van der Waals surface area contributed by atoms with Crippen molar-refractivity contribution in [3.05, 3.63) is 21.5 Å². The van der Waals surface area contributed by atoms with Crippen LogP contribution in [0.4, 0.5) is 5.69 Å². The first-order chi connectivity index (χ1) is 8.04. The molecule has 0 bridgehead atoms. The van der Waals surface area contributed by atoms with Gasteiger partial charge in [0, 0.05) is 12.5 Å². The molecule has 0 aromatic carbocycles. The minimum Gasteiger partial charge on any atom is -0.299 e. The maximum atomic E-state index is 11.8. The summed E-state index contributed by atoms with van der Waals surface area (Å²) < 4.78 is 1.56. The second-order valence-electron chi connectivity index (χ2n) is 4.37. The highest BCUT2D eigenvalue weighted by Crippen LogP contribution is 2.32. The molecule has 1 aliphatic carbocycles. The van der Waals surface area contributed by atoms with E-state index in [0.717, 1.165) is 12.8 Å². The van der Waals surface area contributed by atoms with Gasteiger partial charge in [0.1, 0.15) is 17.2 Å². The van der Waals surface area contributed by atoms with Crippen molar-refractivity contribution >= 4 is 11.5 Å². The fraction of sp³-hybridized carbons (Fsp3) is 0.636. The Hall–Kier alpha value is -1.72. The third-order valence-electron chi connectivity index (χ3n) is 3.05. The Morgan fingerprint density at radius 2 is 2.24 bits per heavy atom. The first-order valence-electron chi connectivity index (χ1n) is 5.78. The molecule has 0 amide bonds. The van der Waals surface area contributed by atoms with Crippen molar-refractivity contribution in [2.24, 2.45) is 5.92 Å². The van der Waals surface area contributed by atoms with E-state index in [4.69, 9.17) is 0 Å². The summed E-state index contributed by atoms with van der Waals surface area (Å²) in [6.45, 7) is 4.01. The lowest BCUT2D eigenvalue weighted by molar-refractivity contribution is -0.386. The number of rotatable bonds is 5. The summed E-state index contributed by atoms with van der Waals surface area (Å²) in [7, 11) is 0. The number of nitro groups is 1. The van der Waals surface area contributed by atoms with Gasteiger partial charge < -0.3 is 0 Å². The lowest BCUT2D eigenvalue weighted by atomic mass is 10.1. The molecule has 0 unspecified atom stereocenters. The van der Waals surface area contributed by atoms with Crippen LogP contribution in [0, 0.1) is 23.0 Å². The third-order valence-corrected chi connectivity index (χ3v) is 3.05. The summed E-state index contributed by atoms with van der Waals surface area (Å²) in [6, 6.07) is 0. The van der Waals surface area contributed by atoms with Gasteiger partial charge in [-0.05, 0) is 26.7 Å². The first-order valence-corrected chi connectivity index (χ1v) is 5.78. The van der Waals surface area contributed by atoms with Gasteiger partial charge in [-0.15, -0.1) is 0 Å². The molecule has 0 spiro atoms. The minimum atomic E-state index is -0.440. The van der Waals surface area contributed by atoms with Crippen LogP contribution in [0.2, 0.25) is 0 Å². The Kier molecular flexibility index (Phi) is 2.95. The largest absolute Gasteiger partial charge is 0.313 e. The molecule has 1 fully saturated rings. The smallest absolute Gasteiger partial charge is 0.299 e. The molecule has 0 aliphatic heterocycles. The van der Waals surface area contributed by atoms with Crippen LogP contribution >= 0.6 is 0 Å². The maximum Gasteiger partial charge on any atom is 0.313 e. The van der Waals surface area contributed by atoms with Crippen LogP contribution in [0.15, 0.2) is 0 Å². The fourth-order valence-electron chi connectivity index (χ4n) is 2.01. The number of Topliss-reactive ketones (excluding diaryl/α,β-unsaturated/α-hetero) is 1. The molecule has 0 N–H and O–H groups in total. The van der Waals surface area contributed by atoms with Gasteiger partial charge in [0.05, 0.1) is 11.3 Å². The molecule has 0 radical (unpaired) electrons. The maximum absolute atomic E-state index is 11.8. The monoisotopic (exact) mass is 237 g/mol. The van der Waals surface area contributed by atoms with Crippen LogP contribution in [-0.2, 0) is 17.8 Å². The van der Waals surface area contributed by atoms with Crippen LogP contribution in [0.3, 0.4) is 0 Å². The number of aryl methyl sites for hydroxylation is 2. The van der Waals surface area contributed by atoms with E-state index in [2.05, 4.69) is 5.10 Å². The standard InChI is InChI=1S/C11H15N3O3/c1-3-13-9(6-10(15)8-4-5-8)11(14(16)17)7(2)12-13/h8H,3-6H2,1-2H3. The third kappa shape index (κ3) is 2.20. The number of ketones is 1. The zero-order valence-electron chi connectivity index (χ0n) is 9.97. The summed E-state index contributed by atoms with van der Waals surface area (Å²) in [5.41, 5.74) is 0.836. The molecular formula is C11H15N3O3. The van der Waals surface area contributed by atoms with Gasteiger partial charge in [-0.25, -0.2) is 0 Å². The van der Waals surface area contributed by atoms with E-state index >= 15 is 0 Å². The normalized spacial score (nSPS) is 14.9. The summed E-state index contributed by atoms with van der Waals surface area (Å²) in [5, 5.41) is 15.1. The summed E-state index contributed by atoms with van der Waals surface area (Å²) >= 11 is 0. The van der Waals surface area contributed by atoms with Crippen molar-refractivity contribution in [3.63, 3.8) is 0 Å². The fourth-order valence-corrected chi connectivity index (χ4v) is 2.01. The highest BCUT2D eigenvalue weighted by atomic mass is 16.6. The van der Waals surface area contributed by atoms with E-state index in [0.29, 0.717) is 17.9 Å². The molecule has 17 heavy (non-hydrogen) atoms. The zero-order chi connectivity index (χ0) is 12.6. The van der Waals surface area contributed by atoms with Crippen molar-refractivity contribution < 1.29 is 9.72 Å². The van der Waals surface area contributed by atoms with Crippen LogP contribution in [0.25, 0.3) is 0 Å². The Labute approximate surface area is 98.8 Å². The number of hydrogen-bond donors (Lipinski definition) is 0. The highest BCUT2D eigenvalue weighted by molar-refractivity contribution is 5.85. The average Bonchev–Trinajstić information content (AvgIpc) is 3.04. The molecule has 1 saturated carbocycles. The second kappa shape index (κ2) is 4.27. The molecule has 1 heterocycles. The second-order valence-corrected chi connectivity index (χ2v) is 4.37.